The van der Waals surface area contributed by atoms with Crippen molar-refractivity contribution in [2.45, 2.75) is 23.1 Å². The molecule has 1 saturated heterocycles. The van der Waals surface area contributed by atoms with Crippen molar-refractivity contribution in [2.24, 2.45) is 5.92 Å². The van der Waals surface area contributed by atoms with Gasteiger partial charge in [0.05, 0.1) is 5.92 Å². The van der Waals surface area contributed by atoms with Crippen molar-refractivity contribution in [1.82, 2.24) is 5.32 Å². The highest BCUT2D eigenvalue weighted by atomic mass is 35.5. The van der Waals surface area contributed by atoms with Crippen LogP contribution in [0.25, 0.3) is 0 Å². The molecule has 5 heteroatoms. The van der Waals surface area contributed by atoms with Gasteiger partial charge in [0.2, 0.25) is 5.91 Å². The van der Waals surface area contributed by atoms with Crippen LogP contribution in [0.2, 0.25) is 0 Å². The van der Waals surface area contributed by atoms with Crippen molar-refractivity contribution >= 4 is 35.8 Å². The Balaban J connectivity index is 0.00000192. The zero-order valence-corrected chi connectivity index (χ0v) is 14.7. The summed E-state index contributed by atoms with van der Waals surface area (Å²) in [6.07, 6.45) is 0.923. The molecule has 0 saturated carbocycles. The second-order valence-corrected chi connectivity index (χ2v) is 6.72. The molecule has 23 heavy (non-hydrogen) atoms. The van der Waals surface area contributed by atoms with Gasteiger partial charge in [0, 0.05) is 22.0 Å². The van der Waals surface area contributed by atoms with Crippen molar-refractivity contribution < 1.29 is 4.79 Å². The summed E-state index contributed by atoms with van der Waals surface area (Å²) in [7, 11) is 0. The fourth-order valence-corrected chi connectivity index (χ4v) is 3.51. The van der Waals surface area contributed by atoms with Crippen LogP contribution in [0.15, 0.2) is 58.3 Å². The maximum atomic E-state index is 12.2. The number of amides is 1. The zero-order chi connectivity index (χ0) is 15.4. The van der Waals surface area contributed by atoms with E-state index in [9.17, 15) is 4.79 Å². The molecule has 1 aliphatic heterocycles. The summed E-state index contributed by atoms with van der Waals surface area (Å²) in [6, 6.07) is 16.5. The van der Waals surface area contributed by atoms with Crippen molar-refractivity contribution in [3.05, 3.63) is 54.1 Å². The lowest BCUT2D eigenvalue weighted by Gasteiger charge is -2.13. The van der Waals surface area contributed by atoms with Crippen LogP contribution >= 0.6 is 24.2 Å². The summed E-state index contributed by atoms with van der Waals surface area (Å²) in [4.78, 5) is 14.6. The summed E-state index contributed by atoms with van der Waals surface area (Å²) < 4.78 is 0. The summed E-state index contributed by atoms with van der Waals surface area (Å²) >= 11 is 1.73. The molecule has 0 aliphatic carbocycles. The van der Waals surface area contributed by atoms with Crippen LogP contribution in [0.5, 0.6) is 0 Å². The Kier molecular flexibility index (Phi) is 6.51. The van der Waals surface area contributed by atoms with E-state index in [-0.39, 0.29) is 24.2 Å². The Bertz CT molecular complexity index is 657. The van der Waals surface area contributed by atoms with Gasteiger partial charge in [-0.15, -0.1) is 12.4 Å². The molecule has 1 fully saturated rings. The molecule has 1 atom stereocenters. The normalized spacial score (nSPS) is 16.7. The molecule has 122 valence electrons. The average molecular weight is 349 g/mol. The van der Waals surface area contributed by atoms with Crippen LogP contribution in [0.4, 0.5) is 5.69 Å². The Morgan fingerprint density at radius 3 is 2.61 bits per heavy atom. The second kappa shape index (κ2) is 8.39. The highest BCUT2D eigenvalue weighted by Gasteiger charge is 2.22. The van der Waals surface area contributed by atoms with Gasteiger partial charge in [0.15, 0.2) is 0 Å². The largest absolute Gasteiger partial charge is 0.326 e. The number of carbonyl (C=O) groups excluding carboxylic acids is 1. The molecule has 1 unspecified atom stereocenters. The van der Waals surface area contributed by atoms with Gasteiger partial charge >= 0.3 is 0 Å². The van der Waals surface area contributed by atoms with Gasteiger partial charge in [-0.2, -0.15) is 0 Å². The molecule has 0 aromatic heterocycles. The number of nitrogens with one attached hydrogen (secondary N) is 2. The first kappa shape index (κ1) is 17.9. The molecule has 2 N–H and O–H groups in total. The summed E-state index contributed by atoms with van der Waals surface area (Å²) in [5.41, 5.74) is 2.01. The molecule has 1 amide bonds. The number of hydrogen-bond acceptors (Lipinski definition) is 3. The van der Waals surface area contributed by atoms with Gasteiger partial charge in [0.25, 0.3) is 0 Å². The minimum Gasteiger partial charge on any atom is -0.326 e. The lowest BCUT2D eigenvalue weighted by atomic mass is 10.1. The Labute approximate surface area is 147 Å². The van der Waals surface area contributed by atoms with Crippen molar-refractivity contribution in [2.75, 3.05) is 18.4 Å². The van der Waals surface area contributed by atoms with Crippen LogP contribution in [-0.4, -0.2) is 19.0 Å². The minimum absolute atomic E-state index is 0. The van der Waals surface area contributed by atoms with E-state index >= 15 is 0 Å². The average Bonchev–Trinajstić information content (AvgIpc) is 3.05. The Morgan fingerprint density at radius 1 is 1.17 bits per heavy atom. The Morgan fingerprint density at radius 2 is 1.96 bits per heavy atom. The maximum absolute atomic E-state index is 12.2. The fraction of sp³-hybridized carbons (Fsp3) is 0.278. The Hall–Kier alpha value is -1.49. The van der Waals surface area contributed by atoms with Gasteiger partial charge in [-0.1, -0.05) is 30.0 Å². The van der Waals surface area contributed by atoms with E-state index in [4.69, 9.17) is 0 Å². The van der Waals surface area contributed by atoms with Crippen LogP contribution in [0, 0.1) is 12.8 Å². The van der Waals surface area contributed by atoms with Crippen LogP contribution < -0.4 is 10.6 Å². The van der Waals surface area contributed by atoms with E-state index in [1.807, 2.05) is 31.2 Å². The number of rotatable bonds is 4. The molecular formula is C18H21ClN2OS. The zero-order valence-electron chi connectivity index (χ0n) is 13.0. The van der Waals surface area contributed by atoms with Crippen molar-refractivity contribution in [3.63, 3.8) is 0 Å². The van der Waals surface area contributed by atoms with Crippen LogP contribution in [-0.2, 0) is 4.79 Å². The van der Waals surface area contributed by atoms with Crippen molar-refractivity contribution in [3.8, 4) is 0 Å². The molecule has 0 radical (unpaired) electrons. The van der Waals surface area contributed by atoms with Gasteiger partial charge in [-0.3, -0.25) is 4.79 Å². The first-order valence-electron chi connectivity index (χ1n) is 7.57. The monoisotopic (exact) mass is 348 g/mol. The lowest BCUT2D eigenvalue weighted by Crippen LogP contribution is -2.24. The number of hydrogen-bond donors (Lipinski definition) is 2. The van der Waals surface area contributed by atoms with E-state index < -0.39 is 0 Å². The smallest absolute Gasteiger partial charge is 0.228 e. The van der Waals surface area contributed by atoms with E-state index in [2.05, 4.69) is 34.9 Å². The molecule has 3 rings (SSSR count). The number of carbonyl (C=O) groups is 1. The fourth-order valence-electron chi connectivity index (χ4n) is 2.58. The van der Waals surface area contributed by atoms with E-state index in [0.717, 1.165) is 30.8 Å². The van der Waals surface area contributed by atoms with E-state index in [0.29, 0.717) is 0 Å². The number of anilines is 1. The van der Waals surface area contributed by atoms with Gasteiger partial charge in [-0.25, -0.2) is 0 Å². The maximum Gasteiger partial charge on any atom is 0.228 e. The molecular weight excluding hydrogens is 328 g/mol. The molecule has 2 aromatic rings. The number of halogens is 1. The predicted octanol–water partition coefficient (Wildman–Crippen LogP) is 4.12. The van der Waals surface area contributed by atoms with Crippen LogP contribution in [0.3, 0.4) is 0 Å². The summed E-state index contributed by atoms with van der Waals surface area (Å²) in [6.45, 7) is 3.76. The highest BCUT2D eigenvalue weighted by Crippen LogP contribution is 2.30. The number of aryl methyl sites for hydroxylation is 1. The lowest BCUT2D eigenvalue weighted by molar-refractivity contribution is -0.119. The first-order valence-corrected chi connectivity index (χ1v) is 8.39. The topological polar surface area (TPSA) is 41.1 Å². The van der Waals surface area contributed by atoms with Gasteiger partial charge in [-0.05, 0) is 55.8 Å². The van der Waals surface area contributed by atoms with Crippen LogP contribution in [0.1, 0.15) is 12.0 Å². The SMILES string of the molecule is Cc1cc(Sc2ccccc2)ccc1NC(=O)C1CCNC1.Cl. The molecule has 0 bridgehead atoms. The predicted molar refractivity (Wildman–Crippen MR) is 98.6 cm³/mol. The molecule has 0 spiro atoms. The standard InChI is InChI=1S/C18H20N2OS.ClH/c1-13-11-16(22-15-5-3-2-4-6-15)7-8-17(13)20-18(21)14-9-10-19-12-14;/h2-8,11,14,19H,9-10,12H2,1H3,(H,20,21);1H. The molecule has 1 aliphatic rings. The van der Waals surface area contributed by atoms with Gasteiger partial charge in [0.1, 0.15) is 0 Å². The third-order valence-electron chi connectivity index (χ3n) is 3.87. The molecule has 3 nitrogen and oxygen atoms in total. The second-order valence-electron chi connectivity index (χ2n) is 5.57. The molecule has 1 heterocycles. The highest BCUT2D eigenvalue weighted by molar-refractivity contribution is 7.99. The quantitative estimate of drug-likeness (QED) is 0.873. The minimum atomic E-state index is 0. The third-order valence-corrected chi connectivity index (χ3v) is 4.86. The summed E-state index contributed by atoms with van der Waals surface area (Å²) in [5, 5.41) is 6.28. The first-order chi connectivity index (χ1) is 10.7. The third kappa shape index (κ3) is 4.74. The van der Waals surface area contributed by atoms with E-state index in [1.54, 1.807) is 11.8 Å². The number of benzene rings is 2. The van der Waals surface area contributed by atoms with E-state index in [1.165, 1.54) is 9.79 Å². The summed E-state index contributed by atoms with van der Waals surface area (Å²) in [5.74, 6) is 0.217. The van der Waals surface area contributed by atoms with Crippen molar-refractivity contribution in [1.29, 1.82) is 0 Å². The van der Waals surface area contributed by atoms with Gasteiger partial charge < -0.3 is 10.6 Å². The molecule has 2 aromatic carbocycles.